The molecule has 0 saturated carbocycles. The van der Waals surface area contributed by atoms with Gasteiger partial charge >= 0.3 is 0 Å². The molecule has 0 amide bonds. The van der Waals surface area contributed by atoms with E-state index in [0.29, 0.717) is 0 Å². The zero-order valence-corrected chi connectivity index (χ0v) is 6.14. The first-order chi connectivity index (χ1) is 7.05. The van der Waals surface area contributed by atoms with Gasteiger partial charge in [0.25, 0.3) is 10.1 Å². The Kier molecular flexibility index (Phi) is 0.884. The highest BCUT2D eigenvalue weighted by atomic mass is 32.2. The van der Waals surface area contributed by atoms with Crippen LogP contribution in [0, 0.1) is 6.85 Å². The summed E-state index contributed by atoms with van der Waals surface area (Å²) in [5, 5.41) is 0. The molecule has 0 heterocycles. The summed E-state index contributed by atoms with van der Waals surface area (Å²) >= 11 is 0. The topological polar surface area (TPSA) is 54.4 Å². The third-order valence-corrected chi connectivity index (χ3v) is 1.79. The molecule has 0 aliphatic carbocycles. The van der Waals surface area contributed by atoms with E-state index in [-0.39, 0.29) is 0 Å². The van der Waals surface area contributed by atoms with Crippen molar-refractivity contribution in [2.24, 2.45) is 0 Å². The molecule has 0 aliphatic rings. The number of hydrogen-bond donors (Lipinski definition) is 1. The van der Waals surface area contributed by atoms with Crippen LogP contribution in [0.2, 0.25) is 0 Å². The monoisotopic (exact) mass is 177 g/mol. The molecule has 3 nitrogen and oxygen atoms in total. The highest BCUT2D eigenvalue weighted by Crippen LogP contribution is 2.08. The van der Waals surface area contributed by atoms with Gasteiger partial charge in [-0.3, -0.25) is 4.55 Å². The number of rotatable bonds is 1. The fourth-order valence-corrected chi connectivity index (χ4v) is 0.942. The van der Waals surface area contributed by atoms with Crippen molar-refractivity contribution in [2.75, 3.05) is 0 Å². The van der Waals surface area contributed by atoms with Gasteiger partial charge in [-0.05, 0) is 19.0 Å². The van der Waals surface area contributed by atoms with Gasteiger partial charge in [0.15, 0.2) is 0 Å². The fourth-order valence-electron chi connectivity index (χ4n) is 0.522. The van der Waals surface area contributed by atoms with E-state index in [4.69, 9.17) is 11.4 Å². The van der Waals surface area contributed by atoms with Gasteiger partial charge in [0, 0.05) is 4.11 Å². The van der Waals surface area contributed by atoms with Crippen LogP contribution in [-0.4, -0.2) is 13.0 Å². The maximum Gasteiger partial charge on any atom is 0.294 e. The van der Waals surface area contributed by atoms with E-state index < -0.39 is 39.5 Å². The average Bonchev–Trinajstić information content (AvgIpc) is 2.05. The van der Waals surface area contributed by atoms with Crippen LogP contribution < -0.4 is 0 Å². The Morgan fingerprint density at radius 2 is 2.27 bits per heavy atom. The Balaban J connectivity index is 3.54. The molecule has 1 rings (SSSR count). The van der Waals surface area contributed by atoms with E-state index in [0.717, 1.165) is 12.1 Å². The van der Waals surface area contributed by atoms with Crippen LogP contribution in [0.1, 0.15) is 12.4 Å². The zero-order valence-electron chi connectivity index (χ0n) is 10.3. The lowest BCUT2D eigenvalue weighted by Gasteiger charge is -1.95. The molecular weight excluding hydrogens is 164 g/mol. The number of aryl methyl sites for hydroxylation is 1. The van der Waals surface area contributed by atoms with Crippen molar-refractivity contribution in [3.8, 4) is 0 Å². The molecule has 0 aromatic heterocycles. The van der Waals surface area contributed by atoms with E-state index in [2.05, 4.69) is 0 Å². The molecule has 0 fully saturated rings. The fraction of sp³-hybridized carbons (Fsp3) is 0.143. The van der Waals surface area contributed by atoms with Crippen molar-refractivity contribution < 1.29 is 19.8 Å². The average molecular weight is 177 g/mol. The van der Waals surface area contributed by atoms with Crippen LogP contribution >= 0.6 is 0 Å². The minimum absolute atomic E-state index is 0.426. The van der Waals surface area contributed by atoms with Gasteiger partial charge in [-0.1, -0.05) is 17.7 Å². The molecule has 0 unspecified atom stereocenters. The van der Waals surface area contributed by atoms with Crippen LogP contribution in [0.4, 0.5) is 0 Å². The predicted octanol–water partition coefficient (Wildman–Crippen LogP) is 1.24. The maximum absolute atomic E-state index is 10.8. The molecule has 1 aromatic rings. The molecule has 1 N–H and O–H groups in total. The lowest BCUT2D eigenvalue weighted by Crippen LogP contribution is -1.96. The highest BCUT2D eigenvalue weighted by molar-refractivity contribution is 7.85. The van der Waals surface area contributed by atoms with Crippen molar-refractivity contribution in [3.63, 3.8) is 0 Å². The molecule has 1 aromatic carbocycles. The third kappa shape index (κ3) is 2.03. The summed E-state index contributed by atoms with van der Waals surface area (Å²) in [4.78, 5) is -0.773. The molecule has 0 radical (unpaired) electrons. The largest absolute Gasteiger partial charge is 0.294 e. The summed E-state index contributed by atoms with van der Waals surface area (Å²) in [6.45, 7) is -2.59. The quantitative estimate of drug-likeness (QED) is 0.657. The maximum atomic E-state index is 10.8. The smallest absolute Gasteiger partial charge is 0.282 e. The van der Waals surface area contributed by atoms with E-state index in [1.807, 2.05) is 0 Å². The van der Waals surface area contributed by atoms with E-state index >= 15 is 0 Å². The Morgan fingerprint density at radius 1 is 1.55 bits per heavy atom. The predicted molar refractivity (Wildman–Crippen MR) is 41.0 cm³/mol. The molecule has 0 atom stereocenters. The second-order valence-electron chi connectivity index (χ2n) is 1.84. The van der Waals surface area contributed by atoms with Gasteiger partial charge in [0.05, 0.1) is 7.64 Å². The van der Waals surface area contributed by atoms with Crippen LogP contribution in [-0.2, 0) is 10.1 Å². The van der Waals surface area contributed by atoms with Crippen molar-refractivity contribution >= 4 is 10.1 Å². The van der Waals surface area contributed by atoms with Gasteiger partial charge in [0.2, 0.25) is 0 Å². The summed E-state index contributed by atoms with van der Waals surface area (Å²) in [5.41, 5.74) is -0.426. The lowest BCUT2D eigenvalue weighted by atomic mass is 10.2. The van der Waals surface area contributed by atoms with Crippen LogP contribution in [0.15, 0.2) is 29.1 Å². The van der Waals surface area contributed by atoms with Crippen molar-refractivity contribution in [3.05, 3.63) is 29.8 Å². The van der Waals surface area contributed by atoms with Gasteiger partial charge in [0.1, 0.15) is 0 Å². The number of benzene rings is 1. The van der Waals surface area contributed by atoms with Crippen molar-refractivity contribution in [1.82, 2.24) is 0 Å². The summed E-state index contributed by atoms with van der Waals surface area (Å²) in [5.74, 6) is 0. The minimum atomic E-state index is -4.61. The van der Waals surface area contributed by atoms with Crippen LogP contribution in [0.5, 0.6) is 0 Å². The van der Waals surface area contributed by atoms with Gasteiger partial charge in [-0.15, -0.1) is 0 Å². The molecule has 60 valence electrons. The van der Waals surface area contributed by atoms with E-state index in [1.165, 1.54) is 0 Å². The SMILES string of the molecule is [2H]c1c(C([2H])([2H])[2H])ccc(S(=O)(=O)O)c1[2H]. The highest BCUT2D eigenvalue weighted by Gasteiger charge is 2.06. The zero-order chi connectivity index (χ0) is 12.7. The van der Waals surface area contributed by atoms with Crippen LogP contribution in [0.25, 0.3) is 0 Å². The summed E-state index contributed by atoms with van der Waals surface area (Å²) in [6, 6.07) is 0.153. The van der Waals surface area contributed by atoms with Gasteiger partial charge < -0.3 is 0 Å². The van der Waals surface area contributed by atoms with Crippen molar-refractivity contribution in [2.45, 2.75) is 11.7 Å². The second kappa shape index (κ2) is 2.64. The van der Waals surface area contributed by atoms with E-state index in [1.54, 1.807) is 0 Å². The van der Waals surface area contributed by atoms with Gasteiger partial charge in [-0.2, -0.15) is 8.42 Å². The summed E-state index contributed by atoms with van der Waals surface area (Å²) in [6.07, 6.45) is 0. The molecule has 0 spiro atoms. The Labute approximate surface area is 72.4 Å². The standard InChI is InChI=1S/C7H8O3S/c1-6-2-4-7(5-3-6)11(8,9)10/h2-5H,1H3,(H,8,9,10)/i1D3,2D,4D. The molecule has 0 aliphatic heterocycles. The van der Waals surface area contributed by atoms with Gasteiger partial charge in [-0.25, -0.2) is 0 Å². The van der Waals surface area contributed by atoms with Crippen LogP contribution in [0.3, 0.4) is 0 Å². The first-order valence-corrected chi connectivity index (χ1v) is 4.07. The first-order valence-electron chi connectivity index (χ1n) is 5.13. The summed E-state index contributed by atoms with van der Waals surface area (Å²) < 4.78 is 66.1. The lowest BCUT2D eigenvalue weighted by molar-refractivity contribution is 0.483. The first kappa shape index (κ1) is 3.69. The molecular formula is C7H8O3S. The molecule has 11 heavy (non-hydrogen) atoms. The third-order valence-electron chi connectivity index (χ3n) is 1.000. The minimum Gasteiger partial charge on any atom is -0.282 e. The Morgan fingerprint density at radius 3 is 2.82 bits per heavy atom. The molecule has 4 heteroatoms. The molecule has 0 bridgehead atoms. The second-order valence-corrected chi connectivity index (χ2v) is 3.23. The normalized spacial score (nSPS) is 19.2. The van der Waals surface area contributed by atoms with Crippen molar-refractivity contribution in [1.29, 1.82) is 0 Å². The van der Waals surface area contributed by atoms with E-state index in [9.17, 15) is 8.42 Å². The Hall–Kier alpha value is -0.870. The molecule has 0 saturated heterocycles. The Bertz CT molecular complexity index is 520. The summed E-state index contributed by atoms with van der Waals surface area (Å²) in [7, 11) is -4.61. The number of hydrogen-bond acceptors (Lipinski definition) is 2.